The Bertz CT molecular complexity index is 661. The number of nitrogens with zero attached hydrogens (tertiary/aromatic N) is 2. The van der Waals surface area contributed by atoms with E-state index in [0.717, 1.165) is 44.4 Å². The number of aliphatic imine (C=N–C) groups is 1. The molecular weight excluding hydrogens is 369 g/mol. The third-order valence-electron chi connectivity index (χ3n) is 4.59. The minimum Gasteiger partial charge on any atom is -0.357 e. The van der Waals surface area contributed by atoms with Gasteiger partial charge in [-0.1, -0.05) is 18.6 Å². The normalized spacial score (nSPS) is 16.1. The van der Waals surface area contributed by atoms with Crippen LogP contribution < -0.4 is 10.6 Å². The van der Waals surface area contributed by atoms with Gasteiger partial charge < -0.3 is 15.5 Å². The van der Waals surface area contributed by atoms with Crippen molar-refractivity contribution in [1.29, 1.82) is 0 Å². The molecule has 5 nitrogen and oxygen atoms in total. The maximum Gasteiger partial charge on any atom is 0.416 e. The number of rotatable bonds is 7. The monoisotopic (exact) mass is 398 g/mol. The molecule has 1 aromatic carbocycles. The number of halogens is 3. The molecule has 1 saturated heterocycles. The van der Waals surface area contributed by atoms with Crippen molar-refractivity contribution < 1.29 is 18.0 Å². The minimum atomic E-state index is -4.35. The van der Waals surface area contributed by atoms with Gasteiger partial charge in [-0.2, -0.15) is 13.2 Å². The fraction of sp³-hybridized carbons (Fsp3) is 0.600. The van der Waals surface area contributed by atoms with Gasteiger partial charge in [0, 0.05) is 32.6 Å². The summed E-state index contributed by atoms with van der Waals surface area (Å²) >= 11 is 0. The van der Waals surface area contributed by atoms with E-state index < -0.39 is 11.7 Å². The first kappa shape index (κ1) is 22.0. The van der Waals surface area contributed by atoms with E-state index in [-0.39, 0.29) is 12.5 Å². The van der Waals surface area contributed by atoms with E-state index in [1.165, 1.54) is 6.07 Å². The first-order valence-corrected chi connectivity index (χ1v) is 9.86. The number of carbonyl (C=O) groups is 1. The molecule has 0 unspecified atom stereocenters. The number of alkyl halides is 3. The summed E-state index contributed by atoms with van der Waals surface area (Å²) in [6.45, 7) is 4.90. The summed E-state index contributed by atoms with van der Waals surface area (Å²) in [7, 11) is 0. The van der Waals surface area contributed by atoms with Gasteiger partial charge in [0.2, 0.25) is 5.91 Å². The number of likely N-dealkylation sites (tertiary alicyclic amines) is 1. The smallest absolute Gasteiger partial charge is 0.357 e. The molecule has 1 aliphatic heterocycles. The number of carbonyl (C=O) groups excluding carboxylic acids is 1. The number of guanidine groups is 1. The molecule has 1 amide bonds. The van der Waals surface area contributed by atoms with Gasteiger partial charge in [0.15, 0.2) is 5.96 Å². The Labute approximate surface area is 164 Å². The van der Waals surface area contributed by atoms with Crippen molar-refractivity contribution >= 4 is 11.9 Å². The summed E-state index contributed by atoms with van der Waals surface area (Å²) in [5, 5.41) is 6.28. The van der Waals surface area contributed by atoms with Crippen LogP contribution in [-0.4, -0.2) is 42.9 Å². The topological polar surface area (TPSA) is 56.7 Å². The van der Waals surface area contributed by atoms with E-state index in [9.17, 15) is 18.0 Å². The van der Waals surface area contributed by atoms with Crippen LogP contribution in [0.15, 0.2) is 29.3 Å². The van der Waals surface area contributed by atoms with Gasteiger partial charge in [0.1, 0.15) is 0 Å². The molecule has 0 aromatic heterocycles. The van der Waals surface area contributed by atoms with Crippen molar-refractivity contribution in [3.8, 4) is 0 Å². The SMILES string of the molecule is CCNC(=NCc1cccc(C(F)(F)F)c1)NCCCN1CCCCCC1=O. The number of hydrogen-bond donors (Lipinski definition) is 2. The summed E-state index contributed by atoms with van der Waals surface area (Å²) in [6, 6.07) is 5.21. The quantitative estimate of drug-likeness (QED) is 0.420. The van der Waals surface area contributed by atoms with Gasteiger partial charge >= 0.3 is 6.18 Å². The third kappa shape index (κ3) is 7.40. The van der Waals surface area contributed by atoms with Crippen LogP contribution in [0.2, 0.25) is 0 Å². The highest BCUT2D eigenvalue weighted by Crippen LogP contribution is 2.29. The Kier molecular flexibility index (Phi) is 8.60. The second-order valence-corrected chi connectivity index (χ2v) is 6.87. The van der Waals surface area contributed by atoms with E-state index >= 15 is 0 Å². The zero-order valence-corrected chi connectivity index (χ0v) is 16.3. The van der Waals surface area contributed by atoms with Gasteiger partial charge in [0.05, 0.1) is 12.1 Å². The van der Waals surface area contributed by atoms with Crippen LogP contribution in [0.5, 0.6) is 0 Å². The average molecular weight is 398 g/mol. The summed E-state index contributed by atoms with van der Waals surface area (Å²) in [5.41, 5.74) is -0.164. The lowest BCUT2D eigenvalue weighted by Crippen LogP contribution is -2.39. The van der Waals surface area contributed by atoms with E-state index in [4.69, 9.17) is 0 Å². The highest BCUT2D eigenvalue weighted by molar-refractivity contribution is 5.79. The predicted octanol–water partition coefficient (Wildman–Crippen LogP) is 3.55. The van der Waals surface area contributed by atoms with Crippen LogP contribution in [0.4, 0.5) is 13.2 Å². The van der Waals surface area contributed by atoms with E-state index in [1.54, 1.807) is 6.07 Å². The van der Waals surface area contributed by atoms with Crippen LogP contribution >= 0.6 is 0 Å². The largest absolute Gasteiger partial charge is 0.416 e. The average Bonchev–Trinajstić information content (AvgIpc) is 2.87. The lowest BCUT2D eigenvalue weighted by atomic mass is 10.1. The van der Waals surface area contributed by atoms with Crippen LogP contribution in [0.25, 0.3) is 0 Å². The number of amides is 1. The number of hydrogen-bond acceptors (Lipinski definition) is 2. The van der Waals surface area contributed by atoms with E-state index in [0.29, 0.717) is 37.6 Å². The molecule has 0 bridgehead atoms. The lowest BCUT2D eigenvalue weighted by Gasteiger charge is -2.20. The molecule has 1 fully saturated rings. The second kappa shape index (κ2) is 10.9. The summed E-state index contributed by atoms with van der Waals surface area (Å²) in [6.07, 6.45) is 0.204. The van der Waals surface area contributed by atoms with E-state index in [2.05, 4.69) is 15.6 Å². The van der Waals surface area contributed by atoms with Crippen LogP contribution in [-0.2, 0) is 17.5 Å². The Morgan fingerprint density at radius 2 is 2.04 bits per heavy atom. The molecule has 0 radical (unpaired) electrons. The van der Waals surface area contributed by atoms with Crippen molar-refractivity contribution in [2.45, 2.75) is 51.7 Å². The van der Waals surface area contributed by atoms with Gasteiger partial charge in [-0.3, -0.25) is 4.79 Å². The molecule has 0 aliphatic carbocycles. The molecule has 28 heavy (non-hydrogen) atoms. The molecule has 0 atom stereocenters. The Morgan fingerprint density at radius 3 is 2.79 bits per heavy atom. The summed E-state index contributed by atoms with van der Waals surface area (Å²) < 4.78 is 38.4. The highest BCUT2D eigenvalue weighted by atomic mass is 19.4. The Morgan fingerprint density at radius 1 is 1.21 bits per heavy atom. The molecule has 0 saturated carbocycles. The molecule has 1 aliphatic rings. The van der Waals surface area contributed by atoms with E-state index in [1.807, 2.05) is 11.8 Å². The zero-order chi connectivity index (χ0) is 20.4. The van der Waals surface area contributed by atoms with Crippen molar-refractivity contribution in [3.05, 3.63) is 35.4 Å². The van der Waals surface area contributed by atoms with Gasteiger partial charge in [0.25, 0.3) is 0 Å². The van der Waals surface area contributed by atoms with Crippen molar-refractivity contribution in [2.75, 3.05) is 26.2 Å². The minimum absolute atomic E-state index is 0.157. The second-order valence-electron chi connectivity index (χ2n) is 6.87. The standard InChI is InChI=1S/C20H29F3N4O/c1-2-24-19(25-11-7-13-27-12-5-3-4-10-18(27)28)26-15-16-8-6-9-17(14-16)20(21,22)23/h6,8-9,14H,2-5,7,10-13,15H2,1H3,(H2,24,25,26). The van der Waals surface area contributed by atoms with Gasteiger partial charge in [-0.05, 0) is 43.9 Å². The van der Waals surface area contributed by atoms with Crippen molar-refractivity contribution in [1.82, 2.24) is 15.5 Å². The first-order valence-electron chi connectivity index (χ1n) is 9.86. The number of benzene rings is 1. The van der Waals surface area contributed by atoms with Crippen LogP contribution in [0, 0.1) is 0 Å². The zero-order valence-electron chi connectivity index (χ0n) is 16.3. The Hall–Kier alpha value is -2.25. The molecule has 156 valence electrons. The Balaban J connectivity index is 1.84. The molecule has 0 spiro atoms. The van der Waals surface area contributed by atoms with Gasteiger partial charge in [-0.15, -0.1) is 0 Å². The lowest BCUT2D eigenvalue weighted by molar-refractivity contribution is -0.137. The van der Waals surface area contributed by atoms with Crippen LogP contribution in [0.1, 0.15) is 50.2 Å². The molecule has 1 aromatic rings. The summed E-state index contributed by atoms with van der Waals surface area (Å²) in [5.74, 6) is 0.782. The first-order chi connectivity index (χ1) is 13.4. The summed E-state index contributed by atoms with van der Waals surface area (Å²) in [4.78, 5) is 18.3. The van der Waals surface area contributed by atoms with Gasteiger partial charge in [-0.25, -0.2) is 4.99 Å². The fourth-order valence-corrected chi connectivity index (χ4v) is 3.11. The fourth-order valence-electron chi connectivity index (χ4n) is 3.11. The maximum absolute atomic E-state index is 12.8. The molecule has 1 heterocycles. The molecular formula is C20H29F3N4O. The third-order valence-corrected chi connectivity index (χ3v) is 4.59. The van der Waals surface area contributed by atoms with Crippen molar-refractivity contribution in [3.63, 3.8) is 0 Å². The maximum atomic E-state index is 12.8. The number of nitrogens with one attached hydrogen (secondary N) is 2. The molecule has 8 heteroatoms. The molecule has 2 rings (SSSR count). The molecule has 2 N–H and O–H groups in total. The van der Waals surface area contributed by atoms with Crippen LogP contribution in [0.3, 0.4) is 0 Å². The highest BCUT2D eigenvalue weighted by Gasteiger charge is 2.30. The van der Waals surface area contributed by atoms with Crippen molar-refractivity contribution in [2.24, 2.45) is 4.99 Å². The predicted molar refractivity (Wildman–Crippen MR) is 104 cm³/mol.